The molecule has 2 N–H and O–H groups in total. The van der Waals surface area contributed by atoms with Gasteiger partial charge in [-0.15, -0.1) is 0 Å². The number of carbonyl (C=O) groups is 1. The SMILES string of the molecule is CCCCCCCCc1ccc(NC(=O)Nc2ccc(CCCCCCCC)cc2)cc1. The summed E-state index contributed by atoms with van der Waals surface area (Å²) >= 11 is 0. The molecule has 3 heteroatoms. The van der Waals surface area contributed by atoms with Gasteiger partial charge in [-0.25, -0.2) is 4.79 Å². The Morgan fingerprint density at radius 1 is 0.531 bits per heavy atom. The number of benzene rings is 2. The second-order valence-electron chi connectivity index (χ2n) is 9.01. The minimum absolute atomic E-state index is 0.197. The normalized spacial score (nSPS) is 10.8. The van der Waals surface area contributed by atoms with E-state index in [2.05, 4.69) is 48.7 Å². The first-order valence-corrected chi connectivity index (χ1v) is 13.0. The first-order valence-electron chi connectivity index (χ1n) is 13.0. The second-order valence-corrected chi connectivity index (χ2v) is 9.01. The van der Waals surface area contributed by atoms with Gasteiger partial charge in [-0.05, 0) is 61.1 Å². The lowest BCUT2D eigenvalue weighted by Gasteiger charge is -2.09. The fourth-order valence-electron chi connectivity index (χ4n) is 4.02. The van der Waals surface area contributed by atoms with E-state index in [4.69, 9.17) is 0 Å². The van der Waals surface area contributed by atoms with Crippen LogP contribution in [0.2, 0.25) is 0 Å². The molecule has 0 spiro atoms. The number of urea groups is 1. The van der Waals surface area contributed by atoms with Gasteiger partial charge in [0.05, 0.1) is 0 Å². The summed E-state index contributed by atoms with van der Waals surface area (Å²) in [5.41, 5.74) is 4.34. The zero-order valence-corrected chi connectivity index (χ0v) is 20.4. The number of hydrogen-bond donors (Lipinski definition) is 2. The molecule has 0 unspecified atom stereocenters. The van der Waals surface area contributed by atoms with E-state index < -0.39 is 0 Å². The largest absolute Gasteiger partial charge is 0.323 e. The lowest BCUT2D eigenvalue weighted by molar-refractivity contribution is 0.262. The fraction of sp³-hybridized carbons (Fsp3) is 0.552. The number of unbranched alkanes of at least 4 members (excludes halogenated alkanes) is 10. The van der Waals surface area contributed by atoms with Gasteiger partial charge in [-0.3, -0.25) is 0 Å². The highest BCUT2D eigenvalue weighted by molar-refractivity contribution is 5.99. The molecule has 0 saturated carbocycles. The summed E-state index contributed by atoms with van der Waals surface area (Å²) in [5, 5.41) is 5.86. The van der Waals surface area contributed by atoms with Crippen LogP contribution in [0.25, 0.3) is 0 Å². The van der Waals surface area contributed by atoms with Crippen LogP contribution in [0.15, 0.2) is 48.5 Å². The molecule has 3 nitrogen and oxygen atoms in total. The Balaban J connectivity index is 1.65. The molecule has 0 saturated heterocycles. The van der Waals surface area contributed by atoms with Gasteiger partial charge in [0.2, 0.25) is 0 Å². The summed E-state index contributed by atoms with van der Waals surface area (Å²) in [6, 6.07) is 16.3. The topological polar surface area (TPSA) is 41.1 Å². The van der Waals surface area contributed by atoms with E-state index in [-0.39, 0.29) is 6.03 Å². The molecule has 0 aliphatic rings. The van der Waals surface area contributed by atoms with Crippen LogP contribution in [-0.2, 0) is 12.8 Å². The average Bonchev–Trinajstić information content (AvgIpc) is 2.80. The molecule has 0 bridgehead atoms. The lowest BCUT2D eigenvalue weighted by atomic mass is 10.0. The average molecular weight is 437 g/mol. The van der Waals surface area contributed by atoms with E-state index in [0.717, 1.165) is 24.2 Å². The molecule has 0 aromatic heterocycles. The van der Waals surface area contributed by atoms with Gasteiger partial charge >= 0.3 is 6.03 Å². The maximum Gasteiger partial charge on any atom is 0.323 e. The Kier molecular flexibility index (Phi) is 13.3. The Hall–Kier alpha value is -2.29. The van der Waals surface area contributed by atoms with Crippen LogP contribution in [0, 0.1) is 0 Å². The molecule has 0 fully saturated rings. The Bertz CT molecular complexity index is 673. The summed E-state index contributed by atoms with van der Waals surface area (Å²) in [6.45, 7) is 4.51. The van der Waals surface area contributed by atoms with Crippen LogP contribution in [0.3, 0.4) is 0 Å². The molecule has 0 atom stereocenters. The smallest absolute Gasteiger partial charge is 0.308 e. The summed E-state index contributed by atoms with van der Waals surface area (Å²) < 4.78 is 0. The minimum Gasteiger partial charge on any atom is -0.308 e. The second kappa shape index (κ2) is 16.4. The van der Waals surface area contributed by atoms with Crippen molar-refractivity contribution in [2.24, 2.45) is 0 Å². The van der Waals surface area contributed by atoms with Crippen LogP contribution in [0.4, 0.5) is 16.2 Å². The van der Waals surface area contributed by atoms with E-state index in [1.807, 2.05) is 24.3 Å². The van der Waals surface area contributed by atoms with Gasteiger partial charge < -0.3 is 10.6 Å². The number of rotatable bonds is 16. The molecule has 2 rings (SSSR count). The molecule has 0 aliphatic carbocycles. The molecule has 0 heterocycles. The van der Waals surface area contributed by atoms with Crippen molar-refractivity contribution in [1.82, 2.24) is 0 Å². The highest BCUT2D eigenvalue weighted by Gasteiger charge is 2.04. The molecule has 176 valence electrons. The fourth-order valence-corrected chi connectivity index (χ4v) is 4.02. The van der Waals surface area contributed by atoms with Crippen molar-refractivity contribution in [2.45, 2.75) is 104 Å². The lowest BCUT2D eigenvalue weighted by Crippen LogP contribution is -2.19. The van der Waals surface area contributed by atoms with E-state index in [9.17, 15) is 4.79 Å². The third kappa shape index (κ3) is 11.4. The quantitative estimate of drug-likeness (QED) is 0.253. The summed E-state index contributed by atoms with van der Waals surface area (Å²) in [5.74, 6) is 0. The van der Waals surface area contributed by atoms with Crippen LogP contribution in [0.1, 0.15) is 102 Å². The van der Waals surface area contributed by atoms with Crippen LogP contribution in [0.5, 0.6) is 0 Å². The van der Waals surface area contributed by atoms with Crippen molar-refractivity contribution in [1.29, 1.82) is 0 Å². The Morgan fingerprint density at radius 2 is 0.875 bits per heavy atom. The van der Waals surface area contributed by atoms with Crippen molar-refractivity contribution in [3.63, 3.8) is 0 Å². The van der Waals surface area contributed by atoms with Gasteiger partial charge in [0.25, 0.3) is 0 Å². The predicted molar refractivity (Wildman–Crippen MR) is 140 cm³/mol. The van der Waals surface area contributed by atoms with Crippen molar-refractivity contribution in [2.75, 3.05) is 10.6 Å². The standard InChI is InChI=1S/C29H44N2O/c1-3-5-7-9-11-13-15-25-17-21-27(22-18-25)30-29(32)31-28-23-19-26(20-24-28)16-14-12-10-8-6-4-2/h17-24H,3-16H2,1-2H3,(H2,30,31,32). The van der Waals surface area contributed by atoms with E-state index in [0.29, 0.717) is 0 Å². The van der Waals surface area contributed by atoms with E-state index in [1.54, 1.807) is 0 Å². The summed E-state index contributed by atoms with van der Waals surface area (Å²) in [7, 11) is 0. The molecular formula is C29H44N2O. The summed E-state index contributed by atoms with van der Waals surface area (Å²) in [4.78, 5) is 12.3. The van der Waals surface area contributed by atoms with Gasteiger partial charge in [0, 0.05) is 11.4 Å². The molecule has 2 aromatic carbocycles. The van der Waals surface area contributed by atoms with Crippen molar-refractivity contribution < 1.29 is 4.79 Å². The maximum absolute atomic E-state index is 12.3. The molecule has 2 amide bonds. The van der Waals surface area contributed by atoms with E-state index >= 15 is 0 Å². The third-order valence-electron chi connectivity index (χ3n) is 6.06. The van der Waals surface area contributed by atoms with Crippen molar-refractivity contribution in [3.8, 4) is 0 Å². The van der Waals surface area contributed by atoms with Crippen molar-refractivity contribution in [3.05, 3.63) is 59.7 Å². The molecular weight excluding hydrogens is 392 g/mol. The maximum atomic E-state index is 12.3. The number of anilines is 2. The highest BCUT2D eigenvalue weighted by atomic mass is 16.2. The van der Waals surface area contributed by atoms with E-state index in [1.165, 1.54) is 88.2 Å². The number of carbonyl (C=O) groups excluding carboxylic acids is 1. The van der Waals surface area contributed by atoms with Crippen LogP contribution in [-0.4, -0.2) is 6.03 Å². The van der Waals surface area contributed by atoms with Gasteiger partial charge in [0.15, 0.2) is 0 Å². The zero-order chi connectivity index (χ0) is 22.9. The predicted octanol–water partition coefficient (Wildman–Crippen LogP) is 9.14. The Labute approximate surface area is 196 Å². The van der Waals surface area contributed by atoms with Gasteiger partial charge in [-0.2, -0.15) is 0 Å². The number of amides is 2. The van der Waals surface area contributed by atoms with Gasteiger partial charge in [-0.1, -0.05) is 102 Å². The van der Waals surface area contributed by atoms with Crippen LogP contribution < -0.4 is 10.6 Å². The highest BCUT2D eigenvalue weighted by Crippen LogP contribution is 2.16. The minimum atomic E-state index is -0.197. The summed E-state index contributed by atoms with van der Waals surface area (Å²) in [6.07, 6.45) is 18.0. The number of aryl methyl sites for hydroxylation is 2. The molecule has 0 radical (unpaired) electrons. The third-order valence-corrected chi connectivity index (χ3v) is 6.06. The molecule has 32 heavy (non-hydrogen) atoms. The zero-order valence-electron chi connectivity index (χ0n) is 20.4. The molecule has 2 aromatic rings. The van der Waals surface area contributed by atoms with Gasteiger partial charge in [0.1, 0.15) is 0 Å². The molecule has 0 aliphatic heterocycles. The Morgan fingerprint density at radius 3 is 1.25 bits per heavy atom. The first-order chi connectivity index (χ1) is 15.7. The van der Waals surface area contributed by atoms with Crippen LogP contribution >= 0.6 is 0 Å². The number of nitrogens with one attached hydrogen (secondary N) is 2. The first kappa shape index (κ1) is 26.0. The number of hydrogen-bond acceptors (Lipinski definition) is 1. The van der Waals surface area contributed by atoms with Crippen molar-refractivity contribution >= 4 is 17.4 Å². The monoisotopic (exact) mass is 436 g/mol.